The van der Waals surface area contributed by atoms with E-state index in [0.29, 0.717) is 5.75 Å². The van der Waals surface area contributed by atoms with Gasteiger partial charge in [0.15, 0.2) is 0 Å². The molecule has 0 unspecified atom stereocenters. The second kappa shape index (κ2) is 6.79. The van der Waals surface area contributed by atoms with Gasteiger partial charge in [-0.25, -0.2) is 8.42 Å². The fourth-order valence-electron chi connectivity index (χ4n) is 1.90. The van der Waals surface area contributed by atoms with Crippen LogP contribution in [0.5, 0.6) is 0 Å². The molecule has 0 aliphatic heterocycles. The summed E-state index contributed by atoms with van der Waals surface area (Å²) in [6.07, 6.45) is 0. The van der Waals surface area contributed by atoms with Gasteiger partial charge in [0.2, 0.25) is 9.84 Å². The molecule has 0 spiro atoms. The van der Waals surface area contributed by atoms with E-state index in [2.05, 4.69) is 12.1 Å². The van der Waals surface area contributed by atoms with Gasteiger partial charge in [0, 0.05) is 10.6 Å². The number of halogens is 2. The number of alkyl halides is 2. The lowest BCUT2D eigenvalue weighted by Gasteiger charge is -2.08. The van der Waals surface area contributed by atoms with Crippen molar-refractivity contribution in [3.8, 4) is 0 Å². The van der Waals surface area contributed by atoms with E-state index in [4.69, 9.17) is 0 Å². The molecule has 2 aromatic rings. The van der Waals surface area contributed by atoms with E-state index in [9.17, 15) is 17.2 Å². The Bertz CT molecular complexity index is 754. The second-order valence-electron chi connectivity index (χ2n) is 5.01. The molecule has 0 amide bonds. The molecule has 0 aromatic heterocycles. The van der Waals surface area contributed by atoms with Gasteiger partial charge in [0.1, 0.15) is 0 Å². The van der Waals surface area contributed by atoms with E-state index in [1.807, 2.05) is 19.9 Å². The van der Waals surface area contributed by atoms with Gasteiger partial charge in [-0.1, -0.05) is 29.8 Å². The van der Waals surface area contributed by atoms with Crippen molar-refractivity contribution < 1.29 is 17.2 Å². The van der Waals surface area contributed by atoms with Crippen molar-refractivity contribution in [1.82, 2.24) is 0 Å². The number of sulfone groups is 1. The number of hydrogen-bond donors (Lipinski definition) is 0. The van der Waals surface area contributed by atoms with E-state index in [1.54, 1.807) is 23.9 Å². The molecule has 2 rings (SSSR count). The maximum absolute atomic E-state index is 12.5. The molecule has 0 bridgehead atoms. The molecule has 0 saturated carbocycles. The molecular weight excluding hydrogens is 326 g/mol. The van der Waals surface area contributed by atoms with Gasteiger partial charge in [0.05, 0.1) is 4.90 Å². The summed E-state index contributed by atoms with van der Waals surface area (Å²) in [5.41, 5.74) is 3.23. The molecule has 0 aliphatic rings. The molecule has 6 heteroatoms. The van der Waals surface area contributed by atoms with Crippen molar-refractivity contribution in [2.24, 2.45) is 0 Å². The molecule has 0 aliphatic carbocycles. The van der Waals surface area contributed by atoms with E-state index in [1.165, 1.54) is 23.3 Å². The Balaban J connectivity index is 2.11. The van der Waals surface area contributed by atoms with Crippen LogP contribution < -0.4 is 0 Å². The first-order valence-electron chi connectivity index (χ1n) is 6.62. The predicted octanol–water partition coefficient (Wildman–Crippen LogP) is 4.59. The molecule has 0 atom stereocenters. The molecule has 0 heterocycles. The number of rotatable bonds is 5. The van der Waals surface area contributed by atoms with Gasteiger partial charge in [-0.2, -0.15) is 8.78 Å². The maximum atomic E-state index is 12.5. The molecule has 0 fully saturated rings. The largest absolute Gasteiger partial charge is 0.341 e. The minimum absolute atomic E-state index is 0.344. The second-order valence-corrected chi connectivity index (χ2v) is 7.94. The summed E-state index contributed by atoms with van der Waals surface area (Å²) in [5, 5.41) is 0. The zero-order valence-electron chi connectivity index (χ0n) is 12.2. The number of hydrogen-bond acceptors (Lipinski definition) is 3. The van der Waals surface area contributed by atoms with Gasteiger partial charge in [-0.15, -0.1) is 11.8 Å². The fraction of sp³-hybridized carbons (Fsp3) is 0.250. The van der Waals surface area contributed by atoms with Crippen LogP contribution in [-0.4, -0.2) is 14.2 Å². The third-order valence-electron chi connectivity index (χ3n) is 3.22. The van der Waals surface area contributed by atoms with Crippen LogP contribution in [-0.2, 0) is 15.6 Å². The van der Waals surface area contributed by atoms with Crippen molar-refractivity contribution >= 4 is 21.6 Å². The third kappa shape index (κ3) is 3.87. The van der Waals surface area contributed by atoms with Crippen LogP contribution in [0.15, 0.2) is 52.3 Å². The van der Waals surface area contributed by atoms with Gasteiger partial charge in [-0.05, 0) is 43.2 Å². The average molecular weight is 342 g/mol. The van der Waals surface area contributed by atoms with Crippen molar-refractivity contribution in [2.75, 3.05) is 0 Å². The lowest BCUT2D eigenvalue weighted by Crippen LogP contribution is -2.11. The first-order chi connectivity index (χ1) is 10.3. The number of aryl methyl sites for hydroxylation is 2. The van der Waals surface area contributed by atoms with Crippen LogP contribution in [0.1, 0.15) is 16.7 Å². The summed E-state index contributed by atoms with van der Waals surface area (Å²) in [5.74, 6) is -2.73. The van der Waals surface area contributed by atoms with Crippen LogP contribution in [0.25, 0.3) is 0 Å². The Morgan fingerprint density at radius 2 is 1.68 bits per heavy atom. The monoisotopic (exact) mass is 342 g/mol. The van der Waals surface area contributed by atoms with Gasteiger partial charge in [0.25, 0.3) is 0 Å². The highest BCUT2D eigenvalue weighted by atomic mass is 32.2. The van der Waals surface area contributed by atoms with Crippen molar-refractivity contribution in [3.63, 3.8) is 0 Å². The smallest absolute Gasteiger partial charge is 0.218 e. The van der Waals surface area contributed by atoms with Crippen LogP contribution in [0.3, 0.4) is 0 Å². The van der Waals surface area contributed by atoms with E-state index >= 15 is 0 Å². The lowest BCUT2D eigenvalue weighted by molar-refractivity contribution is 0.234. The topological polar surface area (TPSA) is 34.1 Å². The van der Waals surface area contributed by atoms with E-state index in [-0.39, 0.29) is 4.90 Å². The normalized spacial score (nSPS) is 11.9. The van der Waals surface area contributed by atoms with Crippen LogP contribution in [0, 0.1) is 13.8 Å². The van der Waals surface area contributed by atoms with Crippen LogP contribution >= 0.6 is 11.8 Å². The van der Waals surface area contributed by atoms with Crippen molar-refractivity contribution in [1.29, 1.82) is 0 Å². The minimum atomic E-state index is -4.51. The summed E-state index contributed by atoms with van der Waals surface area (Å²) in [6, 6.07) is 11.8. The third-order valence-corrected chi connectivity index (χ3v) is 5.85. The Hall–Kier alpha value is -1.40. The zero-order valence-corrected chi connectivity index (χ0v) is 13.8. The van der Waals surface area contributed by atoms with Gasteiger partial charge < -0.3 is 0 Å². The van der Waals surface area contributed by atoms with Crippen LogP contribution in [0.4, 0.5) is 8.78 Å². The first-order valence-corrected chi connectivity index (χ1v) is 9.15. The summed E-state index contributed by atoms with van der Waals surface area (Å²) >= 11 is 1.64. The summed E-state index contributed by atoms with van der Waals surface area (Å²) in [7, 11) is -4.51. The standard InChI is InChI=1S/C16H16F2O2S2/c1-11-3-4-12(2)15(9-11)21-10-13-5-7-14(8-6-13)22(19,20)16(17)18/h3-9,16H,10H2,1-2H3. The Morgan fingerprint density at radius 1 is 1.05 bits per heavy atom. The number of benzene rings is 2. The molecule has 118 valence electrons. The lowest BCUT2D eigenvalue weighted by atomic mass is 10.2. The van der Waals surface area contributed by atoms with E-state index < -0.39 is 15.6 Å². The molecule has 22 heavy (non-hydrogen) atoms. The molecule has 0 saturated heterocycles. The quantitative estimate of drug-likeness (QED) is 0.745. The summed E-state index contributed by atoms with van der Waals surface area (Å²) in [6.45, 7) is 4.05. The molecule has 0 radical (unpaired) electrons. The predicted molar refractivity (Wildman–Crippen MR) is 85.1 cm³/mol. The first kappa shape index (κ1) is 17.0. The summed E-state index contributed by atoms with van der Waals surface area (Å²) in [4.78, 5) is 0.812. The van der Waals surface area contributed by atoms with Crippen LogP contribution in [0.2, 0.25) is 0 Å². The highest BCUT2D eigenvalue weighted by Crippen LogP contribution is 2.27. The highest BCUT2D eigenvalue weighted by molar-refractivity contribution is 7.98. The highest BCUT2D eigenvalue weighted by Gasteiger charge is 2.26. The Kier molecular flexibility index (Phi) is 5.24. The van der Waals surface area contributed by atoms with E-state index in [0.717, 1.165) is 10.5 Å². The SMILES string of the molecule is Cc1ccc(C)c(SCc2ccc(S(=O)(=O)C(F)F)cc2)c1. The Labute approximate surface area is 133 Å². The molecular formula is C16H16F2O2S2. The maximum Gasteiger partial charge on any atom is 0.341 e. The summed E-state index contributed by atoms with van der Waals surface area (Å²) < 4.78 is 47.6. The van der Waals surface area contributed by atoms with Crippen molar-refractivity contribution in [2.45, 2.75) is 35.1 Å². The number of thioether (sulfide) groups is 1. The van der Waals surface area contributed by atoms with Gasteiger partial charge >= 0.3 is 5.76 Å². The molecule has 2 aromatic carbocycles. The zero-order chi connectivity index (χ0) is 16.3. The molecule has 2 nitrogen and oxygen atoms in total. The fourth-order valence-corrected chi connectivity index (χ4v) is 3.70. The average Bonchev–Trinajstić information content (AvgIpc) is 2.48. The Morgan fingerprint density at radius 3 is 2.27 bits per heavy atom. The minimum Gasteiger partial charge on any atom is -0.218 e. The molecule has 0 N–H and O–H groups in total. The van der Waals surface area contributed by atoms with Gasteiger partial charge in [-0.3, -0.25) is 0 Å². The van der Waals surface area contributed by atoms with Crippen molar-refractivity contribution in [3.05, 3.63) is 59.2 Å².